The van der Waals surface area contributed by atoms with E-state index in [1.807, 2.05) is 6.07 Å². The van der Waals surface area contributed by atoms with Gasteiger partial charge in [-0.2, -0.15) is 0 Å². The summed E-state index contributed by atoms with van der Waals surface area (Å²) in [6, 6.07) is 3.49. The first kappa shape index (κ1) is 19.8. The lowest BCUT2D eigenvalue weighted by molar-refractivity contribution is -0.116. The van der Waals surface area contributed by atoms with Gasteiger partial charge in [-0.25, -0.2) is 13.1 Å². The van der Waals surface area contributed by atoms with Gasteiger partial charge >= 0.3 is 0 Å². The van der Waals surface area contributed by atoms with Gasteiger partial charge in [0.1, 0.15) is 4.90 Å². The summed E-state index contributed by atoms with van der Waals surface area (Å²) in [6.07, 6.45) is 5.22. The van der Waals surface area contributed by atoms with Crippen LogP contribution in [0, 0.1) is 0 Å². The van der Waals surface area contributed by atoms with Gasteiger partial charge in [-0.05, 0) is 63.0 Å². The van der Waals surface area contributed by atoms with E-state index < -0.39 is 10.0 Å². The number of likely N-dealkylation sites (tertiary alicyclic amines) is 1. The highest BCUT2D eigenvalue weighted by Gasteiger charge is 2.31. The molecule has 144 valence electrons. The number of fused-ring (bicyclic) bond motifs is 1. The molecule has 1 saturated heterocycles. The number of nitrogens with zero attached hydrogens (tertiary/aromatic N) is 2. The summed E-state index contributed by atoms with van der Waals surface area (Å²) in [5, 5.41) is 0. The number of hydrogen-bond donors (Lipinski definition) is 1. The molecular formula is C18H26BrN3O3S. The maximum absolute atomic E-state index is 12.9. The second-order valence-electron chi connectivity index (χ2n) is 6.99. The molecule has 8 heteroatoms. The Labute approximate surface area is 164 Å². The van der Waals surface area contributed by atoms with Crippen molar-refractivity contribution in [1.29, 1.82) is 0 Å². The fourth-order valence-corrected chi connectivity index (χ4v) is 5.76. The molecule has 1 aromatic rings. The van der Waals surface area contributed by atoms with Crippen LogP contribution in [0.4, 0.5) is 5.69 Å². The number of piperidine rings is 1. The van der Waals surface area contributed by atoms with Gasteiger partial charge in [0.2, 0.25) is 15.9 Å². The van der Waals surface area contributed by atoms with Crippen molar-refractivity contribution < 1.29 is 13.2 Å². The van der Waals surface area contributed by atoms with Gasteiger partial charge in [-0.1, -0.05) is 22.4 Å². The maximum atomic E-state index is 12.9. The Kier molecular flexibility index (Phi) is 6.37. The highest BCUT2D eigenvalue weighted by atomic mass is 79.9. The minimum absolute atomic E-state index is 0.132. The van der Waals surface area contributed by atoms with Gasteiger partial charge in [0.05, 0.1) is 5.69 Å². The molecule has 0 aliphatic carbocycles. The Morgan fingerprint density at radius 3 is 2.62 bits per heavy atom. The number of benzene rings is 1. The lowest BCUT2D eigenvalue weighted by Crippen LogP contribution is -2.34. The van der Waals surface area contributed by atoms with Crippen LogP contribution in [0.15, 0.2) is 21.5 Å². The zero-order valence-electron chi connectivity index (χ0n) is 15.1. The molecule has 1 N–H and O–H groups in total. The second-order valence-corrected chi connectivity index (χ2v) is 9.64. The van der Waals surface area contributed by atoms with Crippen LogP contribution in [0.25, 0.3) is 0 Å². The molecule has 26 heavy (non-hydrogen) atoms. The van der Waals surface area contributed by atoms with Gasteiger partial charge in [-0.3, -0.25) is 4.79 Å². The predicted octanol–water partition coefficient (Wildman–Crippen LogP) is 2.51. The lowest BCUT2D eigenvalue weighted by Gasteiger charge is -2.26. The van der Waals surface area contributed by atoms with Gasteiger partial charge in [0.15, 0.2) is 0 Å². The van der Waals surface area contributed by atoms with Gasteiger partial charge in [0.25, 0.3) is 0 Å². The van der Waals surface area contributed by atoms with Gasteiger partial charge in [0, 0.05) is 24.5 Å². The number of sulfonamides is 1. The van der Waals surface area contributed by atoms with Crippen molar-refractivity contribution in [3.8, 4) is 0 Å². The molecule has 0 bridgehead atoms. The number of amides is 1. The quantitative estimate of drug-likeness (QED) is 0.685. The molecule has 2 heterocycles. The van der Waals surface area contributed by atoms with Crippen LogP contribution in [-0.4, -0.2) is 51.9 Å². The smallest absolute Gasteiger partial charge is 0.242 e. The predicted molar refractivity (Wildman–Crippen MR) is 106 cm³/mol. The molecule has 0 radical (unpaired) electrons. The molecule has 0 spiro atoms. The lowest BCUT2D eigenvalue weighted by atomic mass is 10.1. The van der Waals surface area contributed by atoms with Crippen molar-refractivity contribution in [2.45, 2.75) is 43.9 Å². The SMILES string of the molecule is CC(=O)N1CCc2cc(Br)cc(S(=O)(=O)NCCCN3CCCCC3)c21. The standard InChI is InChI=1S/C18H26BrN3O3S/c1-14(23)22-11-6-15-12-16(19)13-17(18(15)22)26(24,25)20-7-5-10-21-8-3-2-4-9-21/h12-13,20H,2-11H2,1H3. The van der Waals surface area contributed by atoms with Crippen LogP contribution in [0.3, 0.4) is 0 Å². The van der Waals surface area contributed by atoms with E-state index in [4.69, 9.17) is 0 Å². The molecule has 0 aromatic heterocycles. The summed E-state index contributed by atoms with van der Waals surface area (Å²) in [7, 11) is -3.67. The largest absolute Gasteiger partial charge is 0.311 e. The normalized spacial score (nSPS) is 18.2. The maximum Gasteiger partial charge on any atom is 0.242 e. The third kappa shape index (κ3) is 4.47. The second kappa shape index (κ2) is 8.37. The number of halogens is 1. The van der Waals surface area contributed by atoms with E-state index in [2.05, 4.69) is 25.6 Å². The van der Waals surface area contributed by atoms with Gasteiger partial charge in [-0.15, -0.1) is 0 Å². The third-order valence-corrected chi connectivity index (χ3v) is 6.99. The molecule has 0 atom stereocenters. The van der Waals surface area contributed by atoms with Crippen molar-refractivity contribution in [2.24, 2.45) is 0 Å². The first-order chi connectivity index (χ1) is 12.4. The summed E-state index contributed by atoms with van der Waals surface area (Å²) < 4.78 is 29.2. The Balaban J connectivity index is 1.70. The summed E-state index contributed by atoms with van der Waals surface area (Å²) in [5.74, 6) is -0.132. The Morgan fingerprint density at radius 2 is 1.92 bits per heavy atom. The van der Waals surface area contributed by atoms with Gasteiger partial charge < -0.3 is 9.80 Å². The highest BCUT2D eigenvalue weighted by molar-refractivity contribution is 9.10. The minimum Gasteiger partial charge on any atom is -0.311 e. The zero-order chi connectivity index (χ0) is 18.7. The van der Waals surface area contributed by atoms with Crippen molar-refractivity contribution in [1.82, 2.24) is 9.62 Å². The summed E-state index contributed by atoms with van der Waals surface area (Å²) >= 11 is 3.40. The molecule has 3 rings (SSSR count). The average Bonchev–Trinajstić information content (AvgIpc) is 3.02. The monoisotopic (exact) mass is 443 g/mol. The van der Waals surface area contributed by atoms with Crippen molar-refractivity contribution >= 4 is 37.5 Å². The van der Waals surface area contributed by atoms with E-state index >= 15 is 0 Å². The number of carbonyl (C=O) groups is 1. The van der Waals surface area contributed by atoms with Crippen molar-refractivity contribution in [3.63, 3.8) is 0 Å². The van der Waals surface area contributed by atoms with Crippen molar-refractivity contribution in [2.75, 3.05) is 37.6 Å². The topological polar surface area (TPSA) is 69.7 Å². The number of nitrogens with one attached hydrogen (secondary N) is 1. The fraction of sp³-hybridized carbons (Fsp3) is 0.611. The Morgan fingerprint density at radius 1 is 1.19 bits per heavy atom. The number of rotatable bonds is 6. The fourth-order valence-electron chi connectivity index (χ4n) is 3.76. The zero-order valence-corrected chi connectivity index (χ0v) is 17.5. The van der Waals surface area contributed by atoms with E-state index in [0.29, 0.717) is 25.2 Å². The van der Waals surface area contributed by atoms with Crippen LogP contribution in [0.2, 0.25) is 0 Å². The number of anilines is 1. The Hall–Kier alpha value is -0.960. The van der Waals surface area contributed by atoms with Crippen LogP contribution in [0.5, 0.6) is 0 Å². The van der Waals surface area contributed by atoms with E-state index in [-0.39, 0.29) is 10.8 Å². The van der Waals surface area contributed by atoms with Crippen molar-refractivity contribution in [3.05, 3.63) is 22.2 Å². The van der Waals surface area contributed by atoms with Crippen LogP contribution in [0.1, 0.15) is 38.2 Å². The van der Waals surface area contributed by atoms with Crippen LogP contribution in [-0.2, 0) is 21.2 Å². The first-order valence-corrected chi connectivity index (χ1v) is 11.5. The molecule has 0 saturated carbocycles. The molecule has 0 unspecified atom stereocenters. The summed E-state index contributed by atoms with van der Waals surface area (Å²) in [4.78, 5) is 16.0. The van der Waals surface area contributed by atoms with E-state index in [0.717, 1.165) is 36.1 Å². The molecule has 1 aromatic carbocycles. The molecule has 1 amide bonds. The molecule has 1 fully saturated rings. The highest BCUT2D eigenvalue weighted by Crippen LogP contribution is 2.37. The van der Waals surface area contributed by atoms with E-state index in [9.17, 15) is 13.2 Å². The molecule has 2 aliphatic rings. The molecular weight excluding hydrogens is 418 g/mol. The molecule has 6 nitrogen and oxygen atoms in total. The Bertz CT molecular complexity index is 776. The summed E-state index contributed by atoms with van der Waals surface area (Å²) in [5.41, 5.74) is 1.42. The van der Waals surface area contributed by atoms with E-state index in [1.54, 1.807) is 11.0 Å². The molecule has 2 aliphatic heterocycles. The first-order valence-electron chi connectivity index (χ1n) is 9.21. The van der Waals surface area contributed by atoms with E-state index in [1.165, 1.54) is 26.2 Å². The number of hydrogen-bond acceptors (Lipinski definition) is 4. The summed E-state index contributed by atoms with van der Waals surface area (Å²) in [6.45, 7) is 5.54. The van der Waals surface area contributed by atoms with Crippen LogP contribution >= 0.6 is 15.9 Å². The third-order valence-electron chi connectivity index (χ3n) is 5.05. The average molecular weight is 444 g/mol. The minimum atomic E-state index is -3.67. The van der Waals surface area contributed by atoms with Crippen LogP contribution < -0.4 is 9.62 Å². The number of carbonyl (C=O) groups excluding carboxylic acids is 1.